The smallest absolute Gasteiger partial charge is 0.193 e. The number of nitrogens with one attached hydrogen (secondary N) is 1. The van der Waals surface area contributed by atoms with E-state index in [0.717, 1.165) is 12.2 Å². The quantitative estimate of drug-likeness (QED) is 0.753. The molecule has 1 aliphatic rings. The lowest BCUT2D eigenvalue weighted by atomic mass is 9.85. The van der Waals surface area contributed by atoms with Crippen LogP contribution in [0.3, 0.4) is 0 Å². The molecule has 2 atom stereocenters. The van der Waals surface area contributed by atoms with Gasteiger partial charge in [-0.25, -0.2) is 0 Å². The van der Waals surface area contributed by atoms with E-state index in [9.17, 15) is 0 Å². The molecule has 2 unspecified atom stereocenters. The summed E-state index contributed by atoms with van der Waals surface area (Å²) in [6, 6.07) is 2.27. The monoisotopic (exact) mass is 199 g/mol. The summed E-state index contributed by atoms with van der Waals surface area (Å²) in [6.07, 6.45) is 2.29. The van der Waals surface area contributed by atoms with E-state index in [1.807, 2.05) is 13.1 Å². The molecule has 3 heteroatoms. The molecule has 0 saturated carbocycles. The van der Waals surface area contributed by atoms with Gasteiger partial charge in [0.2, 0.25) is 0 Å². The molecule has 1 heterocycles. The van der Waals surface area contributed by atoms with Gasteiger partial charge < -0.3 is 9.73 Å². The maximum Gasteiger partial charge on any atom is 0.193 e. The van der Waals surface area contributed by atoms with Crippen LogP contribution in [0.4, 0.5) is 0 Å². The number of hydrogen-bond acceptors (Lipinski definition) is 2. The molecule has 0 spiro atoms. The predicted octanol–water partition coefficient (Wildman–Crippen LogP) is 2.78. The molecular weight excluding hydrogens is 186 g/mol. The zero-order valence-corrected chi connectivity index (χ0v) is 8.69. The molecule has 1 aromatic rings. The maximum atomic E-state index is 5.83. The Labute approximate surface area is 83.3 Å². The fourth-order valence-electron chi connectivity index (χ4n) is 2.09. The zero-order valence-electron chi connectivity index (χ0n) is 7.93. The predicted molar refractivity (Wildman–Crippen MR) is 53.0 cm³/mol. The lowest BCUT2D eigenvalue weighted by molar-refractivity contribution is 0.305. The highest BCUT2D eigenvalue weighted by Gasteiger charge is 2.28. The Morgan fingerprint density at radius 1 is 1.62 bits per heavy atom. The molecule has 0 amide bonds. The molecule has 13 heavy (non-hydrogen) atoms. The van der Waals surface area contributed by atoms with Gasteiger partial charge in [-0.3, -0.25) is 0 Å². The summed E-state index contributed by atoms with van der Waals surface area (Å²) in [5.41, 5.74) is 1.27. The normalized spacial score (nSPS) is 27.3. The fourth-order valence-corrected chi connectivity index (χ4v) is 2.31. The second-order valence-electron chi connectivity index (χ2n) is 3.72. The number of furan rings is 1. The van der Waals surface area contributed by atoms with E-state index in [1.165, 1.54) is 12.0 Å². The number of aryl methyl sites for hydroxylation is 1. The Bertz CT molecular complexity index is 308. The third kappa shape index (κ3) is 1.49. The average Bonchev–Trinajstić information content (AvgIpc) is 2.45. The number of fused-ring (bicyclic) bond motifs is 1. The van der Waals surface area contributed by atoms with Crippen LogP contribution in [0.15, 0.2) is 10.5 Å². The molecule has 1 aromatic heterocycles. The van der Waals surface area contributed by atoms with E-state index in [4.69, 9.17) is 16.0 Å². The summed E-state index contributed by atoms with van der Waals surface area (Å²) < 4.78 is 5.48. The third-order valence-electron chi connectivity index (χ3n) is 2.84. The van der Waals surface area contributed by atoms with Crippen molar-refractivity contribution in [2.75, 3.05) is 7.05 Å². The van der Waals surface area contributed by atoms with Crippen LogP contribution in [-0.2, 0) is 6.42 Å². The van der Waals surface area contributed by atoms with E-state index in [-0.39, 0.29) is 0 Å². The largest absolute Gasteiger partial charge is 0.448 e. The van der Waals surface area contributed by atoms with Crippen LogP contribution in [0.25, 0.3) is 0 Å². The third-order valence-corrected chi connectivity index (χ3v) is 3.03. The standard InChI is InChI=1S/C10H14ClNO/c1-6-3-4-7-5-8(11)13-10(7)9(6)12-2/h5-6,9,12H,3-4H2,1-2H3. The summed E-state index contributed by atoms with van der Waals surface area (Å²) in [5, 5.41) is 3.78. The zero-order chi connectivity index (χ0) is 9.42. The van der Waals surface area contributed by atoms with Gasteiger partial charge in [0, 0.05) is 0 Å². The van der Waals surface area contributed by atoms with E-state index in [2.05, 4.69) is 12.2 Å². The summed E-state index contributed by atoms with van der Waals surface area (Å²) in [6.45, 7) is 2.24. The molecule has 0 saturated heterocycles. The molecule has 0 fully saturated rings. The Morgan fingerprint density at radius 2 is 2.38 bits per heavy atom. The van der Waals surface area contributed by atoms with Crippen LogP contribution in [-0.4, -0.2) is 7.05 Å². The lowest BCUT2D eigenvalue weighted by Gasteiger charge is -2.26. The van der Waals surface area contributed by atoms with Crippen LogP contribution in [0.2, 0.25) is 5.22 Å². The molecule has 1 aliphatic carbocycles. The number of rotatable bonds is 1. The van der Waals surface area contributed by atoms with Crippen molar-refractivity contribution in [2.24, 2.45) is 5.92 Å². The molecule has 72 valence electrons. The van der Waals surface area contributed by atoms with Crippen molar-refractivity contribution in [3.63, 3.8) is 0 Å². The second kappa shape index (κ2) is 3.35. The van der Waals surface area contributed by atoms with E-state index >= 15 is 0 Å². The van der Waals surface area contributed by atoms with Crippen LogP contribution in [0.5, 0.6) is 0 Å². The van der Waals surface area contributed by atoms with Crippen LogP contribution < -0.4 is 5.32 Å². The minimum atomic E-state index is 0.330. The highest BCUT2D eigenvalue weighted by Crippen LogP contribution is 2.36. The van der Waals surface area contributed by atoms with Gasteiger partial charge in [0.05, 0.1) is 6.04 Å². The maximum absolute atomic E-state index is 5.83. The summed E-state index contributed by atoms with van der Waals surface area (Å²) >= 11 is 5.83. The molecule has 2 rings (SSSR count). The minimum Gasteiger partial charge on any atom is -0.448 e. The van der Waals surface area contributed by atoms with Gasteiger partial charge in [-0.05, 0) is 49.0 Å². The van der Waals surface area contributed by atoms with Crippen LogP contribution in [0.1, 0.15) is 30.7 Å². The van der Waals surface area contributed by atoms with Crippen molar-refractivity contribution in [3.8, 4) is 0 Å². The van der Waals surface area contributed by atoms with Crippen molar-refractivity contribution in [2.45, 2.75) is 25.8 Å². The van der Waals surface area contributed by atoms with Gasteiger partial charge >= 0.3 is 0 Å². The lowest BCUT2D eigenvalue weighted by Crippen LogP contribution is -2.27. The van der Waals surface area contributed by atoms with Crippen molar-refractivity contribution >= 4 is 11.6 Å². The first-order valence-electron chi connectivity index (χ1n) is 4.67. The topological polar surface area (TPSA) is 25.2 Å². The van der Waals surface area contributed by atoms with Crippen molar-refractivity contribution in [1.82, 2.24) is 5.32 Å². The van der Waals surface area contributed by atoms with Crippen LogP contribution in [0, 0.1) is 5.92 Å². The van der Waals surface area contributed by atoms with E-state index in [1.54, 1.807) is 0 Å². The Balaban J connectivity index is 2.38. The molecule has 0 aliphatic heterocycles. The summed E-state index contributed by atoms with van der Waals surface area (Å²) in [7, 11) is 1.96. The molecule has 1 N–H and O–H groups in total. The molecule has 0 radical (unpaired) electrons. The Hall–Kier alpha value is -0.470. The summed E-state index contributed by atoms with van der Waals surface area (Å²) in [5.74, 6) is 1.66. The second-order valence-corrected chi connectivity index (χ2v) is 4.09. The van der Waals surface area contributed by atoms with Crippen LogP contribution >= 0.6 is 11.6 Å². The molecule has 0 bridgehead atoms. The van der Waals surface area contributed by atoms with Crippen molar-refractivity contribution < 1.29 is 4.42 Å². The minimum absolute atomic E-state index is 0.330. The highest BCUT2D eigenvalue weighted by atomic mass is 35.5. The highest BCUT2D eigenvalue weighted by molar-refractivity contribution is 6.28. The van der Waals surface area contributed by atoms with Crippen molar-refractivity contribution in [1.29, 1.82) is 0 Å². The van der Waals surface area contributed by atoms with Gasteiger partial charge in [-0.15, -0.1) is 0 Å². The first-order valence-corrected chi connectivity index (χ1v) is 5.05. The van der Waals surface area contributed by atoms with Gasteiger partial charge in [0.1, 0.15) is 5.76 Å². The first kappa shape index (κ1) is 9.10. The Kier molecular flexibility index (Phi) is 2.35. The summed E-state index contributed by atoms with van der Waals surface area (Å²) in [4.78, 5) is 0. The Morgan fingerprint density at radius 3 is 3.08 bits per heavy atom. The van der Waals surface area contributed by atoms with Gasteiger partial charge in [0.25, 0.3) is 0 Å². The number of halogens is 1. The molecule has 2 nitrogen and oxygen atoms in total. The van der Waals surface area contributed by atoms with E-state index in [0.29, 0.717) is 17.2 Å². The SMILES string of the molecule is CNC1c2oc(Cl)cc2CCC1C. The van der Waals surface area contributed by atoms with Gasteiger partial charge in [0.15, 0.2) is 5.22 Å². The van der Waals surface area contributed by atoms with Gasteiger partial charge in [-0.2, -0.15) is 0 Å². The molecule has 0 aromatic carbocycles. The fraction of sp³-hybridized carbons (Fsp3) is 0.600. The van der Waals surface area contributed by atoms with Crippen molar-refractivity contribution in [3.05, 3.63) is 22.6 Å². The van der Waals surface area contributed by atoms with E-state index < -0.39 is 0 Å². The first-order chi connectivity index (χ1) is 6.22. The average molecular weight is 200 g/mol. The number of hydrogen-bond donors (Lipinski definition) is 1. The van der Waals surface area contributed by atoms with Gasteiger partial charge in [-0.1, -0.05) is 6.92 Å². The molecular formula is C10H14ClNO.